The van der Waals surface area contributed by atoms with E-state index in [1.807, 2.05) is 25.1 Å². The van der Waals surface area contributed by atoms with E-state index in [2.05, 4.69) is 37.1 Å². The Morgan fingerprint density at radius 3 is 2.67 bits per heavy atom. The quantitative estimate of drug-likeness (QED) is 0.482. The van der Waals surface area contributed by atoms with Crippen LogP contribution in [-0.2, 0) is 16.1 Å². The molecule has 1 N–H and O–H groups in total. The molecule has 1 aliphatic heterocycles. The smallest absolute Gasteiger partial charge is 0.237 e. The standard InChI is InChI=1S/C23H26ClN5O3S/c1-16(21(30)25-18-8-9-20(31-2)19(24)14-18)33-23-27-26-22(28-10-12-32-13-11-28)29(23)15-17-6-4-3-5-7-17/h3-9,14,16H,10-13,15H2,1-2H3,(H,25,30). The predicted octanol–water partition coefficient (Wildman–Crippen LogP) is 3.94. The molecule has 2 aromatic carbocycles. The summed E-state index contributed by atoms with van der Waals surface area (Å²) in [7, 11) is 1.55. The first-order chi connectivity index (χ1) is 16.0. The molecule has 33 heavy (non-hydrogen) atoms. The molecule has 0 aliphatic carbocycles. The number of nitrogens with one attached hydrogen (secondary N) is 1. The van der Waals surface area contributed by atoms with Gasteiger partial charge in [-0.05, 0) is 30.7 Å². The van der Waals surface area contributed by atoms with Gasteiger partial charge in [0.05, 0.1) is 37.1 Å². The zero-order valence-electron chi connectivity index (χ0n) is 18.5. The van der Waals surface area contributed by atoms with Gasteiger partial charge in [-0.2, -0.15) is 0 Å². The number of thioether (sulfide) groups is 1. The van der Waals surface area contributed by atoms with Crippen molar-refractivity contribution in [2.75, 3.05) is 43.6 Å². The van der Waals surface area contributed by atoms with E-state index >= 15 is 0 Å². The highest BCUT2D eigenvalue weighted by atomic mass is 35.5. The third-order valence-corrected chi connectivity index (χ3v) is 6.62. The van der Waals surface area contributed by atoms with Crippen LogP contribution < -0.4 is 15.0 Å². The molecule has 1 aromatic heterocycles. The summed E-state index contributed by atoms with van der Waals surface area (Å²) in [5.41, 5.74) is 1.75. The van der Waals surface area contributed by atoms with Crippen LogP contribution in [0.25, 0.3) is 0 Å². The lowest BCUT2D eigenvalue weighted by Gasteiger charge is -2.28. The summed E-state index contributed by atoms with van der Waals surface area (Å²) in [6, 6.07) is 15.3. The van der Waals surface area contributed by atoms with Crippen LogP contribution in [0, 0.1) is 0 Å². The van der Waals surface area contributed by atoms with Gasteiger partial charge in [-0.1, -0.05) is 53.7 Å². The Balaban J connectivity index is 1.51. The number of benzene rings is 2. The summed E-state index contributed by atoms with van der Waals surface area (Å²) < 4.78 is 12.7. The molecule has 8 nitrogen and oxygen atoms in total. The molecule has 0 bridgehead atoms. The molecule has 1 aliphatic rings. The van der Waals surface area contributed by atoms with Crippen LogP contribution in [0.1, 0.15) is 12.5 Å². The predicted molar refractivity (Wildman–Crippen MR) is 131 cm³/mol. The number of amides is 1. The minimum Gasteiger partial charge on any atom is -0.495 e. The molecule has 3 aromatic rings. The van der Waals surface area contributed by atoms with Crippen LogP contribution in [0.4, 0.5) is 11.6 Å². The molecule has 4 rings (SSSR count). The molecule has 174 valence electrons. The molecule has 1 fully saturated rings. The van der Waals surface area contributed by atoms with Gasteiger partial charge in [0.2, 0.25) is 11.9 Å². The van der Waals surface area contributed by atoms with Crippen LogP contribution >= 0.6 is 23.4 Å². The Bertz CT molecular complexity index is 1090. The number of carbonyl (C=O) groups excluding carboxylic acids is 1. The number of rotatable bonds is 8. The highest BCUT2D eigenvalue weighted by Gasteiger charge is 2.24. The van der Waals surface area contributed by atoms with E-state index in [9.17, 15) is 4.79 Å². The number of hydrogen-bond acceptors (Lipinski definition) is 7. The van der Waals surface area contributed by atoms with E-state index < -0.39 is 5.25 Å². The van der Waals surface area contributed by atoms with Gasteiger partial charge in [0.15, 0.2) is 5.16 Å². The lowest BCUT2D eigenvalue weighted by atomic mass is 10.2. The first-order valence-corrected chi connectivity index (χ1v) is 11.9. The molecule has 0 radical (unpaired) electrons. The largest absolute Gasteiger partial charge is 0.495 e. The van der Waals surface area contributed by atoms with E-state index in [0.717, 1.165) is 24.6 Å². The maximum Gasteiger partial charge on any atom is 0.237 e. The third-order valence-electron chi connectivity index (χ3n) is 5.25. The first kappa shape index (κ1) is 23.4. The van der Waals surface area contributed by atoms with E-state index in [-0.39, 0.29) is 5.91 Å². The Morgan fingerprint density at radius 1 is 1.21 bits per heavy atom. The van der Waals surface area contributed by atoms with Gasteiger partial charge in [0.1, 0.15) is 5.75 Å². The average molecular weight is 488 g/mol. The van der Waals surface area contributed by atoms with Crippen molar-refractivity contribution >= 4 is 40.9 Å². The number of carbonyl (C=O) groups is 1. The lowest BCUT2D eigenvalue weighted by molar-refractivity contribution is -0.115. The van der Waals surface area contributed by atoms with Gasteiger partial charge >= 0.3 is 0 Å². The van der Waals surface area contributed by atoms with Crippen molar-refractivity contribution in [2.24, 2.45) is 0 Å². The number of nitrogens with zero attached hydrogens (tertiary/aromatic N) is 4. The number of aromatic nitrogens is 3. The zero-order valence-corrected chi connectivity index (χ0v) is 20.1. The van der Waals surface area contributed by atoms with E-state index in [1.54, 1.807) is 25.3 Å². The minimum atomic E-state index is -0.401. The topological polar surface area (TPSA) is 81.5 Å². The molecule has 0 spiro atoms. The van der Waals surface area contributed by atoms with Crippen LogP contribution in [-0.4, -0.2) is 59.3 Å². The summed E-state index contributed by atoms with van der Waals surface area (Å²) in [6.07, 6.45) is 0. The van der Waals surface area contributed by atoms with Crippen molar-refractivity contribution in [3.05, 3.63) is 59.1 Å². The fraction of sp³-hybridized carbons (Fsp3) is 0.348. The molecule has 0 saturated carbocycles. The zero-order chi connectivity index (χ0) is 23.2. The molecule has 1 unspecified atom stereocenters. The summed E-state index contributed by atoms with van der Waals surface area (Å²) in [4.78, 5) is 15.0. The Labute approximate surface area is 202 Å². The molecular formula is C23H26ClN5O3S. The van der Waals surface area contributed by atoms with Gasteiger partial charge in [-0.25, -0.2) is 0 Å². The number of ether oxygens (including phenoxy) is 2. The second-order valence-corrected chi connectivity index (χ2v) is 9.27. The van der Waals surface area contributed by atoms with Crippen molar-refractivity contribution in [3.8, 4) is 5.75 Å². The summed E-state index contributed by atoms with van der Waals surface area (Å²) in [5.74, 6) is 1.20. The molecule has 1 saturated heterocycles. The third kappa shape index (κ3) is 5.79. The Kier molecular flexibility index (Phi) is 7.74. The number of methoxy groups -OCH3 is 1. The number of anilines is 2. The van der Waals surface area contributed by atoms with Gasteiger partial charge < -0.3 is 19.7 Å². The normalized spacial score (nSPS) is 14.7. The van der Waals surface area contributed by atoms with Crippen LogP contribution in [0.15, 0.2) is 53.7 Å². The maximum absolute atomic E-state index is 12.9. The Hall–Kier alpha value is -2.75. The summed E-state index contributed by atoms with van der Waals surface area (Å²) >= 11 is 7.56. The monoisotopic (exact) mass is 487 g/mol. The average Bonchev–Trinajstić information content (AvgIpc) is 3.22. The molecule has 10 heteroatoms. The van der Waals surface area contributed by atoms with E-state index in [0.29, 0.717) is 41.4 Å². The minimum absolute atomic E-state index is 0.150. The van der Waals surface area contributed by atoms with Crippen molar-refractivity contribution in [1.82, 2.24) is 14.8 Å². The second kappa shape index (κ2) is 10.9. The van der Waals surface area contributed by atoms with Crippen molar-refractivity contribution in [2.45, 2.75) is 23.9 Å². The number of halogens is 1. The maximum atomic E-state index is 12.9. The van der Waals surface area contributed by atoms with Crippen molar-refractivity contribution in [1.29, 1.82) is 0 Å². The van der Waals surface area contributed by atoms with E-state index in [4.69, 9.17) is 21.1 Å². The van der Waals surface area contributed by atoms with Crippen molar-refractivity contribution < 1.29 is 14.3 Å². The van der Waals surface area contributed by atoms with Gasteiger partial charge in [-0.15, -0.1) is 10.2 Å². The summed E-state index contributed by atoms with van der Waals surface area (Å²) in [6.45, 7) is 5.29. The first-order valence-electron chi connectivity index (χ1n) is 10.7. The van der Waals surface area contributed by atoms with Crippen LogP contribution in [0.5, 0.6) is 5.75 Å². The lowest BCUT2D eigenvalue weighted by Crippen LogP contribution is -2.38. The number of hydrogen-bond donors (Lipinski definition) is 1. The molecule has 1 amide bonds. The highest BCUT2D eigenvalue weighted by molar-refractivity contribution is 8.00. The van der Waals surface area contributed by atoms with Gasteiger partial charge in [0, 0.05) is 18.8 Å². The van der Waals surface area contributed by atoms with Crippen molar-refractivity contribution in [3.63, 3.8) is 0 Å². The molecular weight excluding hydrogens is 462 g/mol. The Morgan fingerprint density at radius 2 is 1.97 bits per heavy atom. The van der Waals surface area contributed by atoms with Gasteiger partial charge in [-0.3, -0.25) is 9.36 Å². The van der Waals surface area contributed by atoms with E-state index in [1.165, 1.54) is 11.8 Å². The summed E-state index contributed by atoms with van der Waals surface area (Å²) in [5, 5.41) is 12.5. The van der Waals surface area contributed by atoms with Crippen LogP contribution in [0.3, 0.4) is 0 Å². The van der Waals surface area contributed by atoms with Crippen LogP contribution in [0.2, 0.25) is 5.02 Å². The fourth-order valence-corrected chi connectivity index (χ4v) is 4.57. The van der Waals surface area contributed by atoms with Gasteiger partial charge in [0.25, 0.3) is 0 Å². The molecule has 1 atom stereocenters. The molecule has 2 heterocycles. The fourth-order valence-electron chi connectivity index (χ4n) is 3.47. The SMILES string of the molecule is COc1ccc(NC(=O)C(C)Sc2nnc(N3CCOCC3)n2Cc2ccccc2)cc1Cl. The number of morpholine rings is 1. The second-order valence-electron chi connectivity index (χ2n) is 7.55. The highest BCUT2D eigenvalue weighted by Crippen LogP contribution is 2.30.